The number of allylic oxidation sites excluding steroid dienone is 1. The van der Waals surface area contributed by atoms with Gasteiger partial charge >= 0.3 is 5.97 Å². The van der Waals surface area contributed by atoms with Gasteiger partial charge in [0.25, 0.3) is 5.91 Å². The maximum atomic E-state index is 11.9. The van der Waals surface area contributed by atoms with Crippen molar-refractivity contribution >= 4 is 11.9 Å². The van der Waals surface area contributed by atoms with Gasteiger partial charge in [-0.3, -0.25) is 4.79 Å². The highest BCUT2D eigenvalue weighted by Gasteiger charge is 2.16. The number of aliphatic carboxylic acids is 1. The van der Waals surface area contributed by atoms with Crippen LogP contribution in [0, 0.1) is 0 Å². The molecular weight excluding hydrogens is 232 g/mol. The van der Waals surface area contributed by atoms with E-state index in [0.29, 0.717) is 11.3 Å². The zero-order valence-electron chi connectivity index (χ0n) is 10.6. The molecule has 0 saturated carbocycles. The molecule has 0 aliphatic rings. The molecule has 5 nitrogen and oxygen atoms in total. The maximum absolute atomic E-state index is 11.9. The van der Waals surface area contributed by atoms with Crippen LogP contribution >= 0.6 is 0 Å². The number of carbonyl (C=O) groups is 2. The van der Waals surface area contributed by atoms with Crippen molar-refractivity contribution in [3.63, 3.8) is 0 Å². The first-order valence-electron chi connectivity index (χ1n) is 5.41. The second kappa shape index (κ2) is 5.86. The fraction of sp³-hybridized carbons (Fsp3) is 0.231. The van der Waals surface area contributed by atoms with E-state index in [1.54, 1.807) is 56.3 Å². The Morgan fingerprint density at radius 3 is 2.17 bits per heavy atom. The lowest BCUT2D eigenvalue weighted by Crippen LogP contribution is -2.31. The van der Waals surface area contributed by atoms with Crippen molar-refractivity contribution < 1.29 is 14.7 Å². The molecule has 0 heterocycles. The summed E-state index contributed by atoms with van der Waals surface area (Å²) in [6, 6.07) is 8.48. The van der Waals surface area contributed by atoms with Gasteiger partial charge in [0.15, 0.2) is 0 Å². The summed E-state index contributed by atoms with van der Waals surface area (Å²) in [6.07, 6.45) is 0. The van der Waals surface area contributed by atoms with Gasteiger partial charge in [-0.05, 0) is 19.1 Å². The first-order chi connectivity index (χ1) is 8.43. The van der Waals surface area contributed by atoms with E-state index in [1.807, 2.05) is 0 Å². The predicted molar refractivity (Wildman–Crippen MR) is 67.9 cm³/mol. The van der Waals surface area contributed by atoms with E-state index in [9.17, 15) is 9.59 Å². The van der Waals surface area contributed by atoms with E-state index >= 15 is 0 Å². The SMILES string of the molecule is C/C(=C(/NC(=O)c1ccccc1)C(=O)O)N(C)C. The fourth-order valence-electron chi connectivity index (χ4n) is 1.30. The van der Waals surface area contributed by atoms with Gasteiger partial charge in [-0.25, -0.2) is 4.79 Å². The van der Waals surface area contributed by atoms with Crippen LogP contribution in [0.4, 0.5) is 0 Å². The highest BCUT2D eigenvalue weighted by molar-refractivity contribution is 6.00. The van der Waals surface area contributed by atoms with Crippen molar-refractivity contribution in [2.45, 2.75) is 6.92 Å². The van der Waals surface area contributed by atoms with E-state index in [2.05, 4.69) is 5.32 Å². The summed E-state index contributed by atoms with van der Waals surface area (Å²) in [6.45, 7) is 1.63. The third kappa shape index (κ3) is 3.35. The Bertz CT molecular complexity index is 478. The quantitative estimate of drug-likeness (QED) is 0.788. The van der Waals surface area contributed by atoms with Gasteiger partial charge in [0.1, 0.15) is 5.70 Å². The summed E-state index contributed by atoms with van der Waals surface area (Å²) in [5.41, 5.74) is 0.781. The first-order valence-corrected chi connectivity index (χ1v) is 5.41. The van der Waals surface area contributed by atoms with E-state index < -0.39 is 11.9 Å². The summed E-state index contributed by atoms with van der Waals surface area (Å²) >= 11 is 0. The molecule has 96 valence electrons. The fourth-order valence-corrected chi connectivity index (χ4v) is 1.30. The highest BCUT2D eigenvalue weighted by atomic mass is 16.4. The van der Waals surface area contributed by atoms with Gasteiger partial charge in [0.2, 0.25) is 0 Å². The normalized spacial score (nSPS) is 11.5. The summed E-state index contributed by atoms with van der Waals surface area (Å²) in [5.74, 6) is -1.60. The minimum absolute atomic E-state index is 0.117. The molecule has 0 unspecified atom stereocenters. The molecule has 0 saturated heterocycles. The lowest BCUT2D eigenvalue weighted by molar-refractivity contribution is -0.133. The molecule has 1 aromatic rings. The topological polar surface area (TPSA) is 69.6 Å². The average Bonchev–Trinajstić information content (AvgIpc) is 2.35. The second-order valence-electron chi connectivity index (χ2n) is 3.98. The molecule has 0 spiro atoms. The van der Waals surface area contributed by atoms with Crippen LogP contribution in [0.15, 0.2) is 41.7 Å². The molecule has 1 rings (SSSR count). The summed E-state index contributed by atoms with van der Waals surface area (Å²) in [7, 11) is 3.43. The van der Waals surface area contributed by atoms with Crippen LogP contribution in [0.2, 0.25) is 0 Å². The smallest absolute Gasteiger partial charge is 0.354 e. The van der Waals surface area contributed by atoms with Crippen molar-refractivity contribution in [3.8, 4) is 0 Å². The van der Waals surface area contributed by atoms with Crippen molar-refractivity contribution in [2.24, 2.45) is 0 Å². The van der Waals surface area contributed by atoms with Gasteiger partial charge in [0.05, 0.1) is 0 Å². The zero-order valence-corrected chi connectivity index (χ0v) is 10.6. The van der Waals surface area contributed by atoms with Crippen LogP contribution in [0.25, 0.3) is 0 Å². The number of hydrogen-bond donors (Lipinski definition) is 2. The number of benzene rings is 1. The van der Waals surface area contributed by atoms with Crippen LogP contribution in [-0.2, 0) is 4.79 Å². The van der Waals surface area contributed by atoms with E-state index in [0.717, 1.165) is 0 Å². The van der Waals surface area contributed by atoms with Crippen LogP contribution in [0.1, 0.15) is 17.3 Å². The summed E-state index contributed by atoms with van der Waals surface area (Å²) < 4.78 is 0. The zero-order chi connectivity index (χ0) is 13.7. The summed E-state index contributed by atoms with van der Waals surface area (Å²) in [4.78, 5) is 24.6. The molecule has 1 aromatic carbocycles. The second-order valence-corrected chi connectivity index (χ2v) is 3.98. The van der Waals surface area contributed by atoms with Gasteiger partial charge in [-0.1, -0.05) is 18.2 Å². The van der Waals surface area contributed by atoms with Gasteiger partial charge < -0.3 is 15.3 Å². The molecule has 1 amide bonds. The van der Waals surface area contributed by atoms with Gasteiger partial charge in [-0.15, -0.1) is 0 Å². The van der Waals surface area contributed by atoms with Crippen LogP contribution < -0.4 is 5.32 Å². The number of amides is 1. The minimum Gasteiger partial charge on any atom is -0.477 e. The lowest BCUT2D eigenvalue weighted by Gasteiger charge is -2.17. The highest BCUT2D eigenvalue weighted by Crippen LogP contribution is 2.06. The Morgan fingerprint density at radius 1 is 1.17 bits per heavy atom. The standard InChI is InChI=1S/C13H16N2O3/c1-9(15(2)3)11(13(17)18)14-12(16)10-7-5-4-6-8-10/h4-8H,1-3H3,(H,14,16)(H,17,18)/b11-9-. The monoisotopic (exact) mass is 248 g/mol. The number of carbonyl (C=O) groups excluding carboxylic acids is 1. The Morgan fingerprint density at radius 2 is 1.72 bits per heavy atom. The van der Waals surface area contributed by atoms with Gasteiger partial charge in [0, 0.05) is 25.4 Å². The van der Waals surface area contributed by atoms with Crippen LogP contribution in [0.5, 0.6) is 0 Å². The molecule has 18 heavy (non-hydrogen) atoms. The Hall–Kier alpha value is -2.30. The minimum atomic E-state index is -1.16. The summed E-state index contributed by atoms with van der Waals surface area (Å²) in [5, 5.41) is 11.5. The molecule has 5 heteroatoms. The Labute approximate surface area is 106 Å². The van der Waals surface area contributed by atoms with Gasteiger partial charge in [-0.2, -0.15) is 0 Å². The number of hydrogen-bond acceptors (Lipinski definition) is 3. The lowest BCUT2D eigenvalue weighted by atomic mass is 10.2. The molecule has 0 aliphatic heterocycles. The third-order valence-corrected chi connectivity index (χ3v) is 2.52. The molecule has 0 aromatic heterocycles. The molecule has 0 fully saturated rings. The molecular formula is C13H16N2O3. The number of carboxylic acids is 1. The number of nitrogens with zero attached hydrogens (tertiary/aromatic N) is 1. The Balaban J connectivity index is 2.97. The van der Waals surface area contributed by atoms with Crippen molar-refractivity contribution in [1.29, 1.82) is 0 Å². The van der Waals surface area contributed by atoms with Crippen LogP contribution in [-0.4, -0.2) is 36.0 Å². The first kappa shape index (κ1) is 13.8. The molecule has 0 bridgehead atoms. The molecule has 0 atom stereocenters. The Kier molecular flexibility index (Phi) is 4.48. The largest absolute Gasteiger partial charge is 0.477 e. The number of rotatable bonds is 4. The van der Waals surface area contributed by atoms with Crippen molar-refractivity contribution in [1.82, 2.24) is 10.2 Å². The molecule has 2 N–H and O–H groups in total. The van der Waals surface area contributed by atoms with Crippen molar-refractivity contribution in [2.75, 3.05) is 14.1 Å². The van der Waals surface area contributed by atoms with E-state index in [1.165, 1.54) is 0 Å². The van der Waals surface area contributed by atoms with Crippen molar-refractivity contribution in [3.05, 3.63) is 47.3 Å². The predicted octanol–water partition coefficient (Wildman–Crippen LogP) is 1.29. The number of carboxylic acid groups (broad SMARTS) is 1. The molecule has 0 radical (unpaired) electrons. The average molecular weight is 248 g/mol. The number of nitrogens with one attached hydrogen (secondary N) is 1. The van der Waals surface area contributed by atoms with E-state index in [-0.39, 0.29) is 5.70 Å². The molecule has 0 aliphatic carbocycles. The van der Waals surface area contributed by atoms with Crippen LogP contribution in [0.3, 0.4) is 0 Å². The maximum Gasteiger partial charge on any atom is 0.354 e. The third-order valence-electron chi connectivity index (χ3n) is 2.52. The van der Waals surface area contributed by atoms with E-state index in [4.69, 9.17) is 5.11 Å².